The lowest BCUT2D eigenvalue weighted by atomic mass is 9.47. The van der Waals surface area contributed by atoms with E-state index in [-0.39, 0.29) is 120 Å². The van der Waals surface area contributed by atoms with Crippen molar-refractivity contribution in [3.63, 3.8) is 0 Å². The van der Waals surface area contributed by atoms with Crippen molar-refractivity contribution in [2.24, 2.45) is 51.8 Å². The molecule has 2 aromatic carbocycles. The normalized spacial score (nSPS) is 21.8. The second-order valence-corrected chi connectivity index (χ2v) is 26.5. The molecule has 89 heavy (non-hydrogen) atoms. The molecular formula is C76H145F3O10. The average Bonchev–Trinajstić information content (AvgIpc) is 4.06. The summed E-state index contributed by atoms with van der Waals surface area (Å²) in [5, 5.41) is 18.5. The number of benzene rings is 2. The first kappa shape index (κ1) is 101. The summed E-state index contributed by atoms with van der Waals surface area (Å²) in [4.78, 5) is 47.5. The highest BCUT2D eigenvalue weighted by atomic mass is 19.4. The Morgan fingerprint density at radius 2 is 0.921 bits per heavy atom. The minimum Gasteiger partial charge on any atom is -0.508 e. The Morgan fingerprint density at radius 1 is 0.562 bits per heavy atom. The van der Waals surface area contributed by atoms with Crippen LogP contribution in [-0.2, 0) is 43.7 Å². The zero-order valence-corrected chi connectivity index (χ0v) is 51.9. The number of phenolic OH excluding ortho intramolecular Hbond substituents is 1. The highest BCUT2D eigenvalue weighted by Crippen LogP contribution is 2.62. The summed E-state index contributed by atoms with van der Waals surface area (Å²) in [6.07, 6.45) is 10.7. The van der Waals surface area contributed by atoms with Gasteiger partial charge in [-0.2, -0.15) is 13.2 Å². The van der Waals surface area contributed by atoms with E-state index in [9.17, 15) is 37.5 Å². The number of phenols is 1. The number of halogens is 3. The van der Waals surface area contributed by atoms with Crippen LogP contribution in [0.3, 0.4) is 0 Å². The van der Waals surface area contributed by atoms with Gasteiger partial charge in [-0.1, -0.05) is 187 Å². The van der Waals surface area contributed by atoms with Gasteiger partial charge in [0.05, 0.1) is 22.9 Å². The third-order valence-electron chi connectivity index (χ3n) is 19.1. The fourth-order valence-electron chi connectivity index (χ4n) is 11.4. The van der Waals surface area contributed by atoms with Crippen molar-refractivity contribution in [1.82, 2.24) is 0 Å². The number of aliphatic hydroxyl groups is 1. The van der Waals surface area contributed by atoms with Crippen LogP contribution < -0.4 is 0 Å². The number of hydrogen-bond acceptors (Lipinski definition) is 10. The van der Waals surface area contributed by atoms with Gasteiger partial charge in [0.1, 0.15) is 17.0 Å². The Labute approximate surface area is 548 Å². The molecule has 4 unspecified atom stereocenters. The fraction of sp³-hybridized carbons (Fsp3) is 0.789. The number of cyclic esters (lactones) is 1. The molecule has 13 heteroatoms. The lowest BCUT2D eigenvalue weighted by Gasteiger charge is -2.62. The lowest BCUT2D eigenvalue weighted by molar-refractivity contribution is -0.258. The highest BCUT2D eigenvalue weighted by Gasteiger charge is 2.61. The van der Waals surface area contributed by atoms with Gasteiger partial charge in [0.2, 0.25) is 6.10 Å². The van der Waals surface area contributed by atoms with Crippen molar-refractivity contribution >= 4 is 23.9 Å². The van der Waals surface area contributed by atoms with Crippen LogP contribution in [0.25, 0.3) is 0 Å². The third kappa shape index (κ3) is 26.1. The summed E-state index contributed by atoms with van der Waals surface area (Å²) in [5.74, 6) is 4.42. The SMILES string of the molecule is C.C.C.C.C.C.C.C.C.C.CCC(C)(C)C(=O)OC1(C(C)C)C2CC3CC(C2)CC1C3.CCC(C)(C)C(=O)OC1(C(C)C)CCCC1.CCC(C)(C)C(=O)OC1CCOC1=O.CCC(C)c1ccc(C(C)(O)C(F)(F)F)cc1.CCC(C)c1ccc(O)cc1. The molecule has 0 amide bonds. The summed E-state index contributed by atoms with van der Waals surface area (Å²) in [6.45, 7) is 36.0. The number of ether oxygens (including phenoxy) is 4. The third-order valence-corrected chi connectivity index (χ3v) is 19.1. The number of aromatic hydroxyl groups is 1. The predicted octanol–water partition coefficient (Wildman–Crippen LogP) is 23.3. The van der Waals surface area contributed by atoms with E-state index in [2.05, 4.69) is 48.5 Å². The molecule has 5 aliphatic carbocycles. The quantitative estimate of drug-likeness (QED) is 0.123. The number of alkyl halides is 3. The van der Waals surface area contributed by atoms with Gasteiger partial charge in [-0.05, 0) is 215 Å². The molecule has 10 nitrogen and oxygen atoms in total. The number of rotatable bonds is 16. The van der Waals surface area contributed by atoms with Crippen LogP contribution >= 0.6 is 0 Å². The second kappa shape index (κ2) is 42.2. The monoisotopic (exact) mass is 1280 g/mol. The molecule has 530 valence electrons. The van der Waals surface area contributed by atoms with Crippen molar-refractivity contribution in [2.45, 2.75) is 336 Å². The van der Waals surface area contributed by atoms with Crippen molar-refractivity contribution in [3.8, 4) is 5.75 Å². The van der Waals surface area contributed by atoms with E-state index in [4.69, 9.17) is 24.1 Å². The van der Waals surface area contributed by atoms with Crippen molar-refractivity contribution in [1.29, 1.82) is 0 Å². The Hall–Kier alpha value is -4.13. The molecule has 4 bridgehead atoms. The Kier molecular flexibility index (Phi) is 47.9. The molecule has 6 fully saturated rings. The summed E-state index contributed by atoms with van der Waals surface area (Å²) in [5.41, 5.74) is -2.21. The van der Waals surface area contributed by atoms with Gasteiger partial charge in [-0.25, -0.2) is 4.79 Å². The van der Waals surface area contributed by atoms with Gasteiger partial charge in [0, 0.05) is 6.42 Å². The molecule has 6 aliphatic rings. The van der Waals surface area contributed by atoms with E-state index >= 15 is 0 Å². The maximum absolute atomic E-state index is 12.8. The van der Waals surface area contributed by atoms with Crippen LogP contribution in [-0.4, -0.2) is 64.2 Å². The first-order valence-electron chi connectivity index (χ1n) is 30.1. The van der Waals surface area contributed by atoms with Gasteiger partial charge < -0.3 is 29.2 Å². The number of carbonyl (C=O) groups is 4. The van der Waals surface area contributed by atoms with Crippen LogP contribution in [0.1, 0.15) is 324 Å². The molecule has 0 aromatic heterocycles. The van der Waals surface area contributed by atoms with E-state index in [0.29, 0.717) is 60.7 Å². The molecule has 0 spiro atoms. The maximum Gasteiger partial charge on any atom is 0.421 e. The van der Waals surface area contributed by atoms with E-state index < -0.39 is 29.3 Å². The van der Waals surface area contributed by atoms with Crippen LogP contribution in [0.15, 0.2) is 48.5 Å². The summed E-state index contributed by atoms with van der Waals surface area (Å²) in [7, 11) is 0. The molecule has 1 saturated heterocycles. The Morgan fingerprint density at radius 3 is 1.24 bits per heavy atom. The maximum atomic E-state index is 12.8. The van der Waals surface area contributed by atoms with Gasteiger partial charge in [-0.15, -0.1) is 0 Å². The first-order valence-corrected chi connectivity index (χ1v) is 30.1. The van der Waals surface area contributed by atoms with Crippen molar-refractivity contribution in [3.05, 3.63) is 65.2 Å². The lowest BCUT2D eigenvalue weighted by Crippen LogP contribution is -2.63. The van der Waals surface area contributed by atoms with Crippen LogP contribution in [0.2, 0.25) is 0 Å². The minimum absolute atomic E-state index is 0. The Bertz CT molecular complexity index is 2190. The first-order chi connectivity index (χ1) is 36.5. The number of carbonyl (C=O) groups excluding carboxylic acids is 4. The van der Waals surface area contributed by atoms with Gasteiger partial charge in [0.15, 0.2) is 5.60 Å². The molecule has 0 radical (unpaired) electrons. The number of hydrogen-bond donors (Lipinski definition) is 2. The van der Waals surface area contributed by atoms with Crippen LogP contribution in [0.4, 0.5) is 13.2 Å². The van der Waals surface area contributed by atoms with Crippen LogP contribution in [0.5, 0.6) is 5.75 Å². The molecule has 2 N–H and O–H groups in total. The van der Waals surface area contributed by atoms with Crippen LogP contribution in [0, 0.1) is 51.8 Å². The average molecular weight is 1280 g/mol. The summed E-state index contributed by atoms with van der Waals surface area (Å²) >= 11 is 0. The topological polar surface area (TPSA) is 146 Å². The molecular weight excluding hydrogens is 1130 g/mol. The zero-order chi connectivity index (χ0) is 60.1. The van der Waals surface area contributed by atoms with Crippen molar-refractivity contribution in [2.75, 3.05) is 6.61 Å². The summed E-state index contributed by atoms with van der Waals surface area (Å²) in [6, 6.07) is 13.4. The molecule has 2 aromatic rings. The van der Waals surface area contributed by atoms with E-state index in [1.165, 1.54) is 62.6 Å². The molecule has 4 atom stereocenters. The molecule has 8 rings (SSSR count). The van der Waals surface area contributed by atoms with E-state index in [0.717, 1.165) is 62.8 Å². The Balaban J connectivity index is -0.000000151. The predicted molar refractivity (Wildman–Crippen MR) is 375 cm³/mol. The molecule has 5 saturated carbocycles. The zero-order valence-electron chi connectivity index (χ0n) is 51.9. The number of esters is 4. The van der Waals surface area contributed by atoms with Crippen molar-refractivity contribution < 1.29 is 61.5 Å². The smallest absolute Gasteiger partial charge is 0.421 e. The van der Waals surface area contributed by atoms with Gasteiger partial charge in [0.25, 0.3) is 0 Å². The van der Waals surface area contributed by atoms with Gasteiger partial charge >= 0.3 is 30.1 Å². The van der Waals surface area contributed by atoms with E-state index in [1.54, 1.807) is 38.1 Å². The second-order valence-electron chi connectivity index (χ2n) is 26.5. The molecule has 1 aliphatic heterocycles. The standard InChI is InChI=1S/C19H32O2.C14H26O2.C13H17F3O.C10H16O4.C10H14O.10CH4/c1-6-18(4,5)17(20)21-19(12(2)3)15-8-13-7-14(10-15)11-16(19)9-13;1-6-13(4,5)12(15)16-14(11(2)3)9-7-8-10-14;1-4-9(2)10-5-7-11(8-6-10)12(3,17)13(14,15)16;1-4-10(2,3)9(12)14-7-5-6-13-8(7)11;1-3-8(2)9-4-6-10(11)7-5-9;;;;;;;;;;/h12-16H,6-11H2,1-5H3;11H,6-10H2,1-5H3;5-9,17H,4H2,1-3H3;7H,4-6H2,1-3H3;4-8,11H,3H2,1-2H3;10*1H4. The molecule has 1 heterocycles. The fourth-order valence-corrected chi connectivity index (χ4v) is 11.4. The van der Waals surface area contributed by atoms with Gasteiger partial charge in [-0.3, -0.25) is 14.4 Å². The highest BCUT2D eigenvalue weighted by molar-refractivity contribution is 5.82. The largest absolute Gasteiger partial charge is 0.508 e. The minimum atomic E-state index is -4.66. The summed E-state index contributed by atoms with van der Waals surface area (Å²) < 4.78 is 59.8. The van der Waals surface area contributed by atoms with E-state index in [1.807, 2.05) is 67.5 Å².